The average Bonchev–Trinajstić information content (AvgIpc) is 2.91. The lowest BCUT2D eigenvalue weighted by atomic mass is 10.0. The number of anilines is 1. The maximum absolute atomic E-state index is 13.4. The molecule has 1 atom stereocenters. The van der Waals surface area contributed by atoms with E-state index >= 15 is 0 Å². The summed E-state index contributed by atoms with van der Waals surface area (Å²) in [5.41, 5.74) is 1.07. The second-order valence-corrected chi connectivity index (χ2v) is 10.3. The lowest BCUT2D eigenvalue weighted by molar-refractivity contribution is -0.278. The van der Waals surface area contributed by atoms with Gasteiger partial charge in [-0.15, -0.1) is 0 Å². The molecule has 0 aliphatic rings. The minimum atomic E-state index is -5.84. The molecule has 3 aromatic carbocycles. The summed E-state index contributed by atoms with van der Waals surface area (Å²) in [5.74, 6) is -6.42. The predicted octanol–water partition coefficient (Wildman–Crippen LogP) is 5.18. The maximum atomic E-state index is 13.4. The molecule has 0 radical (unpaired) electrons. The molecule has 4 N–H and O–H groups in total. The van der Waals surface area contributed by atoms with Crippen LogP contribution in [-0.2, 0) is 14.8 Å². The van der Waals surface area contributed by atoms with Crippen LogP contribution in [0.2, 0.25) is 0 Å². The minimum Gasteiger partial charge on any atom is -0.495 e. The van der Waals surface area contributed by atoms with Crippen LogP contribution in [0, 0.1) is 0 Å². The fourth-order valence-corrected chi connectivity index (χ4v) is 5.07. The molecule has 0 fully saturated rings. The Morgan fingerprint density at radius 2 is 1.59 bits per heavy atom. The van der Waals surface area contributed by atoms with Crippen molar-refractivity contribution in [2.45, 2.75) is 29.5 Å². The van der Waals surface area contributed by atoms with E-state index in [9.17, 15) is 45.1 Å². The predicted molar refractivity (Wildman–Crippen MR) is 138 cm³/mol. The Kier molecular flexibility index (Phi) is 9.55. The smallest absolute Gasteiger partial charge is 0.455 e. The lowest BCUT2D eigenvalue weighted by Gasteiger charge is -2.20. The van der Waals surface area contributed by atoms with Gasteiger partial charge in [-0.2, -0.15) is 22.0 Å². The summed E-state index contributed by atoms with van der Waals surface area (Å²) in [6.07, 6.45) is -6.38. The number of nitrogens with one attached hydrogen (secondary N) is 3. The lowest BCUT2D eigenvalue weighted by Crippen LogP contribution is -2.47. The number of rotatable bonds is 11. The van der Waals surface area contributed by atoms with Gasteiger partial charge in [-0.3, -0.25) is 4.79 Å². The first-order chi connectivity index (χ1) is 19.1. The summed E-state index contributed by atoms with van der Waals surface area (Å²) in [6.45, 7) is -1.97. The number of aliphatic carboxylic acids is 1. The Bertz CT molecular complexity index is 1500. The first-order valence-corrected chi connectivity index (χ1v) is 13.2. The minimum absolute atomic E-state index is 0.0132. The van der Waals surface area contributed by atoms with E-state index in [1.165, 1.54) is 54.9 Å². The van der Waals surface area contributed by atoms with Crippen LogP contribution < -0.4 is 20.1 Å². The third-order valence-electron chi connectivity index (χ3n) is 5.67. The Balaban J connectivity index is 1.87. The maximum Gasteiger partial charge on any atom is 0.455 e. The van der Waals surface area contributed by atoms with Crippen LogP contribution >= 0.6 is 0 Å². The van der Waals surface area contributed by atoms with E-state index in [4.69, 9.17) is 4.74 Å². The zero-order chi connectivity index (χ0) is 30.4. The highest BCUT2D eigenvalue weighted by Crippen LogP contribution is 2.35. The second kappa shape index (κ2) is 12.5. The average molecular weight is 602 g/mol. The van der Waals surface area contributed by atoms with Crippen molar-refractivity contribution in [2.75, 3.05) is 19.0 Å². The molecule has 2 amide bonds. The Hall–Kier alpha value is -4.24. The number of halogens is 5. The number of carbonyl (C=O) groups excluding carboxylic acids is 1. The van der Waals surface area contributed by atoms with Crippen LogP contribution in [0.3, 0.4) is 0 Å². The summed E-state index contributed by atoms with van der Waals surface area (Å²) in [6, 6.07) is 15.4. The van der Waals surface area contributed by atoms with Crippen molar-refractivity contribution < 1.29 is 49.8 Å². The van der Waals surface area contributed by atoms with E-state index in [2.05, 4.69) is 10.0 Å². The van der Waals surface area contributed by atoms with Crippen LogP contribution in [0.1, 0.15) is 18.0 Å². The van der Waals surface area contributed by atoms with Crippen LogP contribution in [0.4, 0.5) is 32.4 Å². The van der Waals surface area contributed by atoms with Gasteiger partial charge >= 0.3 is 24.1 Å². The van der Waals surface area contributed by atoms with Gasteiger partial charge in [0, 0.05) is 5.69 Å². The van der Waals surface area contributed by atoms with Crippen molar-refractivity contribution in [3.8, 4) is 16.9 Å². The van der Waals surface area contributed by atoms with Gasteiger partial charge in [-0.1, -0.05) is 48.5 Å². The number of ether oxygens (including phenoxy) is 1. The molecule has 3 rings (SSSR count). The molecule has 0 bridgehead atoms. The second-order valence-electron chi connectivity index (χ2n) is 8.64. The van der Waals surface area contributed by atoms with E-state index < -0.39 is 53.1 Å². The van der Waals surface area contributed by atoms with Gasteiger partial charge in [0.05, 0.1) is 26.1 Å². The number of urea groups is 1. The number of methoxy groups -OCH3 is 1. The van der Waals surface area contributed by atoms with Crippen molar-refractivity contribution in [3.63, 3.8) is 0 Å². The fraction of sp³-hybridized carbons (Fsp3) is 0.231. The van der Waals surface area contributed by atoms with Gasteiger partial charge < -0.3 is 20.5 Å². The number of carbonyl (C=O) groups is 2. The highest BCUT2D eigenvalue weighted by molar-refractivity contribution is 7.89. The van der Waals surface area contributed by atoms with E-state index in [1.807, 2.05) is 0 Å². The summed E-state index contributed by atoms with van der Waals surface area (Å²) < 4.78 is 97.6. The summed E-state index contributed by atoms with van der Waals surface area (Å²) in [7, 11) is -3.13. The number of amides is 2. The zero-order valence-electron chi connectivity index (χ0n) is 21.2. The monoisotopic (exact) mass is 601 g/mol. The summed E-state index contributed by atoms with van der Waals surface area (Å²) >= 11 is 0. The number of benzene rings is 3. The van der Waals surface area contributed by atoms with E-state index in [0.29, 0.717) is 16.7 Å². The number of carboxylic acid groups (broad SMARTS) is 1. The molecule has 0 saturated carbocycles. The highest BCUT2D eigenvalue weighted by atomic mass is 32.2. The van der Waals surface area contributed by atoms with Gasteiger partial charge in [-0.05, 0) is 41.0 Å². The first-order valence-electron chi connectivity index (χ1n) is 11.7. The molecule has 0 heterocycles. The van der Waals surface area contributed by atoms with Crippen molar-refractivity contribution in [1.29, 1.82) is 0 Å². The number of hydrogen-bond acceptors (Lipinski definition) is 5. The van der Waals surface area contributed by atoms with Gasteiger partial charge in [-0.25, -0.2) is 17.9 Å². The third-order valence-corrected chi connectivity index (χ3v) is 7.16. The standard InChI is InChI=1S/C26H24F5N3O6S/c1-40-21-11-10-18(13-22(21)41(38,39)34-20(14-23(35)36)16-6-3-2-4-7-16)17-8-5-9-19(12-17)33-24(37)32-15-25(27,28)26(29,30)31/h2-13,20,34H,14-15H2,1H3,(H,35,36)(H2,32,33,37). The Morgan fingerprint density at radius 1 is 0.927 bits per heavy atom. The molecule has 0 aromatic heterocycles. The topological polar surface area (TPSA) is 134 Å². The number of carboxylic acids is 1. The molecule has 0 spiro atoms. The van der Waals surface area contributed by atoms with E-state index in [1.54, 1.807) is 30.3 Å². The molecular weight excluding hydrogens is 577 g/mol. The molecule has 0 aliphatic heterocycles. The van der Waals surface area contributed by atoms with Gasteiger partial charge in [0.1, 0.15) is 10.6 Å². The Morgan fingerprint density at radius 3 is 2.20 bits per heavy atom. The van der Waals surface area contributed by atoms with Crippen LogP contribution in [0.5, 0.6) is 5.75 Å². The zero-order valence-corrected chi connectivity index (χ0v) is 22.0. The van der Waals surface area contributed by atoms with Gasteiger partial charge in [0.25, 0.3) is 0 Å². The Labute approximate surface area is 231 Å². The van der Waals surface area contributed by atoms with Crippen molar-refractivity contribution in [2.24, 2.45) is 0 Å². The highest BCUT2D eigenvalue weighted by Gasteiger charge is 2.57. The van der Waals surface area contributed by atoms with Crippen molar-refractivity contribution in [1.82, 2.24) is 10.0 Å². The number of hydrogen-bond donors (Lipinski definition) is 4. The number of sulfonamides is 1. The first kappa shape index (κ1) is 31.3. The quantitative estimate of drug-likeness (QED) is 0.224. The molecule has 1 unspecified atom stereocenters. The van der Waals surface area contributed by atoms with Crippen LogP contribution in [0.15, 0.2) is 77.7 Å². The number of alkyl halides is 5. The molecule has 15 heteroatoms. The summed E-state index contributed by atoms with van der Waals surface area (Å²) in [5, 5.41) is 12.9. The molecule has 9 nitrogen and oxygen atoms in total. The largest absolute Gasteiger partial charge is 0.495 e. The van der Waals surface area contributed by atoms with Crippen LogP contribution in [0.25, 0.3) is 11.1 Å². The fourth-order valence-electron chi connectivity index (χ4n) is 3.65. The normalized spacial score (nSPS) is 12.8. The molecule has 41 heavy (non-hydrogen) atoms. The van der Waals surface area contributed by atoms with Crippen molar-refractivity contribution in [3.05, 3.63) is 78.4 Å². The van der Waals surface area contributed by atoms with Gasteiger partial charge in [0.2, 0.25) is 10.0 Å². The van der Waals surface area contributed by atoms with Gasteiger partial charge in [0.15, 0.2) is 0 Å². The SMILES string of the molecule is COc1ccc(-c2cccc(NC(=O)NCC(F)(F)C(F)(F)F)c2)cc1S(=O)(=O)NC(CC(=O)O)c1ccccc1. The molecule has 0 saturated heterocycles. The molecule has 0 aliphatic carbocycles. The molecule has 3 aromatic rings. The van der Waals surface area contributed by atoms with Crippen LogP contribution in [-0.4, -0.2) is 51.3 Å². The summed E-state index contributed by atoms with van der Waals surface area (Å²) in [4.78, 5) is 23.0. The van der Waals surface area contributed by atoms with E-state index in [0.717, 1.165) is 0 Å². The third kappa shape index (κ3) is 8.14. The van der Waals surface area contributed by atoms with E-state index in [-0.39, 0.29) is 16.3 Å². The molecule has 220 valence electrons. The molecular formula is C26H24F5N3O6S. The van der Waals surface area contributed by atoms with Crippen molar-refractivity contribution >= 4 is 27.7 Å².